The average molecular weight is 1080 g/mol. The Hall–Kier alpha value is -7.24. The minimum absolute atomic E-state index is 0.000315. The van der Waals surface area contributed by atoms with Crippen molar-refractivity contribution in [3.8, 4) is 11.1 Å². The summed E-state index contributed by atoms with van der Waals surface area (Å²) in [6.45, 7) is 38.3. The van der Waals surface area contributed by atoms with E-state index in [0.717, 1.165) is 65.4 Å². The highest BCUT2D eigenvalue weighted by molar-refractivity contribution is 7.00. The van der Waals surface area contributed by atoms with Gasteiger partial charge in [-0.1, -0.05) is 196 Å². The van der Waals surface area contributed by atoms with Crippen LogP contribution >= 0.6 is 0 Å². The molecule has 0 fully saturated rings. The van der Waals surface area contributed by atoms with Gasteiger partial charge in [-0.3, -0.25) is 0 Å². The molecule has 3 aliphatic carbocycles. The second-order valence-corrected chi connectivity index (χ2v) is 30.3. The normalized spacial score (nSPS) is 18.2. The summed E-state index contributed by atoms with van der Waals surface area (Å²) in [5.41, 5.74) is 28.2. The number of benzene rings is 8. The molecule has 8 aromatic carbocycles. The standard InChI is InChI=1S/C77H82BN3O/c1-71(2,3)47-29-32-50(33-30-47)79(49-23-18-17-19-24-49)52-43-64-68-65(44-52)81(63-28-22-26-54-53-25-20-21-27-56(53)77(15,16)67(54)63)62-36-31-48(72(4,5)6)41-61(62)78(68)70-69(55-45-59-60(46-66(55)82-70)76(13,14)40-39-75(59,11)12)80(64)51-34-35-57-58(42-51)74(9,10)38-37-73(57,7)8/h17-36,41-46H,37-40H2,1-16H3. The van der Waals surface area contributed by atoms with Crippen molar-refractivity contribution in [3.05, 3.63) is 202 Å². The van der Waals surface area contributed by atoms with Crippen LogP contribution in [0.25, 0.3) is 22.1 Å². The summed E-state index contributed by atoms with van der Waals surface area (Å²) in [7, 11) is 0. The SMILES string of the molecule is CC(C)(C)c1ccc(N(c2ccccc2)c2cc3c4c(c2)N(c2ccc5c(c2)C(C)(C)CCC5(C)C)c2c(oc5cc6c(cc25)C(C)(C)CCC6(C)C)B4c2cc(C(C)(C)C)ccc2N3c2cccc3c2C(C)(C)c2ccccc2-3)cc1. The van der Waals surface area contributed by atoms with Crippen molar-refractivity contribution < 1.29 is 4.42 Å². The van der Waals surface area contributed by atoms with Crippen LogP contribution in [0, 0.1) is 0 Å². The fraction of sp³-hybridized carbons (Fsp3) is 0.351. The molecular weight excluding hydrogens is 994 g/mol. The van der Waals surface area contributed by atoms with Crippen LogP contribution in [0.3, 0.4) is 0 Å². The summed E-state index contributed by atoms with van der Waals surface area (Å²) in [5.74, 6) is 0. The number of hydrogen-bond donors (Lipinski definition) is 0. The molecule has 0 saturated heterocycles. The highest BCUT2D eigenvalue weighted by Gasteiger charge is 2.50. The molecule has 3 heterocycles. The van der Waals surface area contributed by atoms with Crippen molar-refractivity contribution in [2.45, 2.75) is 174 Å². The van der Waals surface area contributed by atoms with E-state index in [9.17, 15) is 0 Å². The van der Waals surface area contributed by atoms with Gasteiger partial charge < -0.3 is 19.1 Å². The van der Waals surface area contributed by atoms with E-state index in [1.54, 1.807) is 0 Å². The summed E-state index contributed by atoms with van der Waals surface area (Å²) < 4.78 is 7.86. The zero-order chi connectivity index (χ0) is 57.6. The van der Waals surface area contributed by atoms with Gasteiger partial charge in [0.05, 0.1) is 22.7 Å². The zero-order valence-electron chi connectivity index (χ0n) is 51.7. The summed E-state index contributed by atoms with van der Waals surface area (Å²) in [6, 6.07) is 61.6. The second-order valence-electron chi connectivity index (χ2n) is 30.3. The van der Waals surface area contributed by atoms with Crippen molar-refractivity contribution in [2.75, 3.05) is 14.7 Å². The summed E-state index contributed by atoms with van der Waals surface area (Å²) in [4.78, 5) is 7.85. The number of furan rings is 1. The van der Waals surface area contributed by atoms with Crippen molar-refractivity contribution in [1.82, 2.24) is 0 Å². The molecule has 0 N–H and O–H groups in total. The Labute approximate surface area is 489 Å². The lowest BCUT2D eigenvalue weighted by Crippen LogP contribution is -2.61. The lowest BCUT2D eigenvalue weighted by atomic mass is 9.35. The van der Waals surface area contributed by atoms with Crippen LogP contribution in [0.4, 0.5) is 51.2 Å². The van der Waals surface area contributed by atoms with Gasteiger partial charge in [0.2, 0.25) is 0 Å². The fourth-order valence-corrected chi connectivity index (χ4v) is 15.5. The molecular formula is C77H82BN3O. The van der Waals surface area contributed by atoms with Gasteiger partial charge in [-0.05, 0) is 198 Å². The van der Waals surface area contributed by atoms with Crippen molar-refractivity contribution in [3.63, 3.8) is 0 Å². The van der Waals surface area contributed by atoms with Gasteiger partial charge in [-0.15, -0.1) is 0 Å². The van der Waals surface area contributed by atoms with E-state index in [2.05, 4.69) is 283 Å². The Morgan fingerprint density at radius 1 is 0.439 bits per heavy atom. The van der Waals surface area contributed by atoms with Gasteiger partial charge in [0.25, 0.3) is 6.71 Å². The first-order chi connectivity index (χ1) is 38.7. The van der Waals surface area contributed by atoms with Gasteiger partial charge in [0.15, 0.2) is 0 Å². The number of nitrogens with zero attached hydrogens (tertiary/aromatic N) is 3. The van der Waals surface area contributed by atoms with Gasteiger partial charge >= 0.3 is 0 Å². The third-order valence-electron chi connectivity index (χ3n) is 20.6. The third kappa shape index (κ3) is 7.76. The number of anilines is 9. The third-order valence-corrected chi connectivity index (χ3v) is 20.6. The van der Waals surface area contributed by atoms with Crippen LogP contribution < -0.4 is 31.3 Å². The molecule has 0 bridgehead atoms. The Bertz CT molecular complexity index is 4120. The molecule has 5 aliphatic rings. The molecule has 1 aromatic heterocycles. The molecule has 414 valence electrons. The van der Waals surface area contributed by atoms with Gasteiger partial charge in [0.1, 0.15) is 5.58 Å². The van der Waals surface area contributed by atoms with Crippen molar-refractivity contribution in [1.29, 1.82) is 0 Å². The largest absolute Gasteiger partial charge is 0.468 e. The maximum atomic E-state index is 7.86. The highest BCUT2D eigenvalue weighted by Crippen LogP contribution is 2.58. The number of rotatable bonds is 5. The molecule has 0 unspecified atom stereocenters. The molecule has 5 heteroatoms. The predicted octanol–water partition coefficient (Wildman–Crippen LogP) is 19.6. The first-order valence-electron chi connectivity index (χ1n) is 30.5. The highest BCUT2D eigenvalue weighted by atomic mass is 16.3. The predicted molar refractivity (Wildman–Crippen MR) is 350 cm³/mol. The average Bonchev–Trinajstić information content (AvgIpc) is 1.50. The summed E-state index contributed by atoms with van der Waals surface area (Å²) >= 11 is 0. The maximum Gasteiger partial charge on any atom is 0.297 e. The van der Waals surface area contributed by atoms with Crippen molar-refractivity contribution >= 4 is 85.5 Å². The molecule has 0 spiro atoms. The molecule has 2 aliphatic heterocycles. The fourth-order valence-electron chi connectivity index (χ4n) is 15.5. The molecule has 82 heavy (non-hydrogen) atoms. The molecule has 0 radical (unpaired) electrons. The van der Waals surface area contributed by atoms with E-state index in [-0.39, 0.29) is 44.6 Å². The molecule has 0 saturated carbocycles. The van der Waals surface area contributed by atoms with E-state index < -0.39 is 0 Å². The number of fused-ring (bicyclic) bond motifs is 11. The van der Waals surface area contributed by atoms with Crippen LogP contribution in [0.15, 0.2) is 162 Å². The van der Waals surface area contributed by atoms with E-state index in [4.69, 9.17) is 4.42 Å². The van der Waals surface area contributed by atoms with Crippen LogP contribution in [-0.2, 0) is 37.9 Å². The lowest BCUT2D eigenvalue weighted by Gasteiger charge is -2.45. The topological polar surface area (TPSA) is 22.9 Å². The van der Waals surface area contributed by atoms with Crippen LogP contribution in [-0.4, -0.2) is 6.71 Å². The molecule has 0 atom stereocenters. The van der Waals surface area contributed by atoms with E-state index in [1.165, 1.54) is 94.7 Å². The van der Waals surface area contributed by atoms with Crippen LogP contribution in [0.1, 0.15) is 181 Å². The number of hydrogen-bond acceptors (Lipinski definition) is 4. The van der Waals surface area contributed by atoms with E-state index in [1.807, 2.05) is 0 Å². The minimum atomic E-state index is -0.282. The minimum Gasteiger partial charge on any atom is -0.468 e. The zero-order valence-corrected chi connectivity index (χ0v) is 51.7. The molecule has 9 aromatic rings. The smallest absolute Gasteiger partial charge is 0.297 e. The van der Waals surface area contributed by atoms with Crippen LogP contribution in [0.5, 0.6) is 0 Å². The summed E-state index contributed by atoms with van der Waals surface area (Å²) in [6.07, 6.45) is 4.55. The first kappa shape index (κ1) is 52.8. The summed E-state index contributed by atoms with van der Waals surface area (Å²) in [5, 5.41) is 1.18. The van der Waals surface area contributed by atoms with Crippen LogP contribution in [0.2, 0.25) is 0 Å². The Kier molecular flexibility index (Phi) is 11.2. The Morgan fingerprint density at radius 2 is 1.00 bits per heavy atom. The molecule has 14 rings (SSSR count). The van der Waals surface area contributed by atoms with E-state index >= 15 is 0 Å². The first-order valence-corrected chi connectivity index (χ1v) is 30.5. The van der Waals surface area contributed by atoms with Crippen molar-refractivity contribution in [2.24, 2.45) is 0 Å². The molecule has 0 amide bonds. The monoisotopic (exact) mass is 1080 g/mol. The Morgan fingerprint density at radius 3 is 1.66 bits per heavy atom. The quantitative estimate of drug-likeness (QED) is 0.160. The number of para-hydroxylation sites is 1. The van der Waals surface area contributed by atoms with Gasteiger partial charge in [-0.25, -0.2) is 0 Å². The maximum absolute atomic E-state index is 7.86. The second kappa shape index (κ2) is 17.4. The van der Waals surface area contributed by atoms with Gasteiger partial charge in [-0.2, -0.15) is 0 Å². The molecule has 4 nitrogen and oxygen atoms in total. The van der Waals surface area contributed by atoms with Gasteiger partial charge in [0, 0.05) is 44.9 Å². The van der Waals surface area contributed by atoms with E-state index in [0.29, 0.717) is 0 Å². The Balaban J connectivity index is 1.16. The lowest BCUT2D eigenvalue weighted by molar-refractivity contribution is 0.332.